The Kier molecular flexibility index (Phi) is 6.07. The van der Waals surface area contributed by atoms with Crippen LogP contribution in [0.3, 0.4) is 0 Å². The number of hydrogen-bond acceptors (Lipinski definition) is 5. The number of nitrogens with zero attached hydrogens (tertiary/aromatic N) is 2. The molecule has 0 aliphatic rings. The van der Waals surface area contributed by atoms with E-state index in [4.69, 9.17) is 4.74 Å². The number of nitrogens with one attached hydrogen (secondary N) is 1. The number of likely N-dealkylation sites (N-methyl/N-ethyl adjacent to an activating group) is 1. The number of para-hydroxylation sites is 2. The predicted molar refractivity (Wildman–Crippen MR) is 85.6 cm³/mol. The van der Waals surface area contributed by atoms with Gasteiger partial charge in [0.15, 0.2) is 5.16 Å². The van der Waals surface area contributed by atoms with E-state index in [1.54, 1.807) is 0 Å². The van der Waals surface area contributed by atoms with Crippen LogP contribution in [0.5, 0.6) is 0 Å². The summed E-state index contributed by atoms with van der Waals surface area (Å²) in [7, 11) is 0. The van der Waals surface area contributed by atoms with Crippen molar-refractivity contribution in [3.63, 3.8) is 0 Å². The maximum absolute atomic E-state index is 11.7. The highest BCUT2D eigenvalue weighted by Gasteiger charge is 2.08. The zero-order valence-electron chi connectivity index (χ0n) is 12.5. The van der Waals surface area contributed by atoms with E-state index < -0.39 is 0 Å². The summed E-state index contributed by atoms with van der Waals surface area (Å²) in [6, 6.07) is 7.81. The largest absolute Gasteiger partial charge is 0.464 e. The van der Waals surface area contributed by atoms with E-state index in [0.29, 0.717) is 6.61 Å². The number of H-pyrrole nitrogens is 1. The predicted octanol–water partition coefficient (Wildman–Crippen LogP) is 2.54. The van der Waals surface area contributed by atoms with E-state index in [1.807, 2.05) is 24.3 Å². The lowest BCUT2D eigenvalue weighted by molar-refractivity contribution is -0.140. The topological polar surface area (TPSA) is 58.2 Å². The number of aromatic amines is 1. The Morgan fingerprint density at radius 1 is 1.33 bits per heavy atom. The number of carbonyl (C=O) groups is 1. The summed E-state index contributed by atoms with van der Waals surface area (Å²) in [5, 5.41) is 0.747. The Morgan fingerprint density at radius 2 is 2.10 bits per heavy atom. The van der Waals surface area contributed by atoms with Crippen LogP contribution in [0.1, 0.15) is 13.8 Å². The number of rotatable bonds is 8. The molecule has 0 fully saturated rings. The second-order valence-electron chi connectivity index (χ2n) is 4.60. The standard InChI is InChI=1S/C15H21N3O2S/c1-3-18(4-2)9-10-20-14(19)11-21-15-16-12-7-5-6-8-13(12)17-15/h5-8H,3-4,9-11H2,1-2H3,(H,16,17). The third-order valence-corrected chi connectivity index (χ3v) is 4.11. The molecule has 0 radical (unpaired) electrons. The molecular weight excluding hydrogens is 286 g/mol. The fraction of sp³-hybridized carbons (Fsp3) is 0.467. The van der Waals surface area contributed by atoms with Crippen molar-refractivity contribution in [3.05, 3.63) is 24.3 Å². The third-order valence-electron chi connectivity index (χ3n) is 3.26. The molecule has 1 aromatic heterocycles. The minimum atomic E-state index is -0.201. The van der Waals surface area contributed by atoms with E-state index in [-0.39, 0.29) is 11.7 Å². The van der Waals surface area contributed by atoms with Crippen LogP contribution in [0.15, 0.2) is 29.4 Å². The molecule has 0 aliphatic heterocycles. The van der Waals surface area contributed by atoms with Gasteiger partial charge in [-0.3, -0.25) is 4.79 Å². The average Bonchev–Trinajstić information content (AvgIpc) is 2.92. The van der Waals surface area contributed by atoms with Gasteiger partial charge in [-0.25, -0.2) is 4.98 Å². The van der Waals surface area contributed by atoms with Crippen molar-refractivity contribution in [3.8, 4) is 0 Å². The smallest absolute Gasteiger partial charge is 0.316 e. The van der Waals surface area contributed by atoms with Gasteiger partial charge in [0.25, 0.3) is 0 Å². The normalized spacial score (nSPS) is 11.2. The highest BCUT2D eigenvalue weighted by atomic mass is 32.2. The first-order valence-corrected chi connectivity index (χ1v) is 8.17. The maximum atomic E-state index is 11.7. The number of hydrogen-bond donors (Lipinski definition) is 1. The summed E-state index contributed by atoms with van der Waals surface area (Å²) in [4.78, 5) is 21.5. The molecule has 0 unspecified atom stereocenters. The molecule has 0 spiro atoms. The van der Waals surface area contributed by atoms with Crippen molar-refractivity contribution >= 4 is 28.8 Å². The summed E-state index contributed by atoms with van der Waals surface area (Å²) in [6.45, 7) is 7.38. The van der Waals surface area contributed by atoms with Gasteiger partial charge in [0.1, 0.15) is 6.61 Å². The van der Waals surface area contributed by atoms with Crippen LogP contribution in [-0.4, -0.2) is 52.8 Å². The number of fused-ring (bicyclic) bond motifs is 1. The molecule has 0 atom stereocenters. The molecule has 2 rings (SSSR count). The Hall–Kier alpha value is -1.53. The van der Waals surface area contributed by atoms with Crippen LogP contribution in [0, 0.1) is 0 Å². The van der Waals surface area contributed by atoms with Crippen molar-refractivity contribution < 1.29 is 9.53 Å². The lowest BCUT2D eigenvalue weighted by Crippen LogP contribution is -2.28. The first-order chi connectivity index (χ1) is 10.2. The maximum Gasteiger partial charge on any atom is 0.316 e. The fourth-order valence-corrected chi connectivity index (χ4v) is 2.68. The van der Waals surface area contributed by atoms with Gasteiger partial charge in [0.2, 0.25) is 0 Å². The summed E-state index contributed by atoms with van der Waals surface area (Å²) >= 11 is 1.37. The number of benzene rings is 1. The lowest BCUT2D eigenvalue weighted by atomic mass is 10.3. The Bertz CT molecular complexity index is 548. The van der Waals surface area contributed by atoms with E-state index in [1.165, 1.54) is 11.8 Å². The molecule has 6 heteroatoms. The van der Waals surface area contributed by atoms with Crippen LogP contribution in [0.2, 0.25) is 0 Å². The SMILES string of the molecule is CCN(CC)CCOC(=O)CSc1nc2ccccc2[nH]1. The molecule has 0 bridgehead atoms. The zero-order chi connectivity index (χ0) is 15.1. The zero-order valence-corrected chi connectivity index (χ0v) is 13.3. The van der Waals surface area contributed by atoms with Gasteiger partial charge >= 0.3 is 5.97 Å². The summed E-state index contributed by atoms with van der Waals surface area (Å²) in [5.41, 5.74) is 1.89. The van der Waals surface area contributed by atoms with Gasteiger partial charge in [-0.2, -0.15) is 0 Å². The molecule has 1 N–H and O–H groups in total. The van der Waals surface area contributed by atoms with Gasteiger partial charge in [0, 0.05) is 6.54 Å². The van der Waals surface area contributed by atoms with Gasteiger partial charge in [0.05, 0.1) is 16.8 Å². The number of ether oxygens (including phenoxy) is 1. The first kappa shape index (κ1) is 15.9. The van der Waals surface area contributed by atoms with Crippen LogP contribution >= 0.6 is 11.8 Å². The van der Waals surface area contributed by atoms with Crippen molar-refractivity contribution in [2.45, 2.75) is 19.0 Å². The van der Waals surface area contributed by atoms with Gasteiger partial charge < -0.3 is 14.6 Å². The lowest BCUT2D eigenvalue weighted by Gasteiger charge is -2.17. The summed E-state index contributed by atoms with van der Waals surface area (Å²) < 4.78 is 5.23. The van der Waals surface area contributed by atoms with Crippen molar-refractivity contribution in [1.82, 2.24) is 14.9 Å². The highest BCUT2D eigenvalue weighted by Crippen LogP contribution is 2.19. The number of thioether (sulfide) groups is 1. The number of esters is 1. The highest BCUT2D eigenvalue weighted by molar-refractivity contribution is 7.99. The van der Waals surface area contributed by atoms with Crippen molar-refractivity contribution in [2.75, 3.05) is 32.0 Å². The molecule has 0 saturated heterocycles. The number of imidazole rings is 1. The Balaban J connectivity index is 1.73. The van der Waals surface area contributed by atoms with Crippen molar-refractivity contribution in [2.24, 2.45) is 0 Å². The molecule has 2 aromatic rings. The van der Waals surface area contributed by atoms with E-state index in [9.17, 15) is 4.79 Å². The second-order valence-corrected chi connectivity index (χ2v) is 5.56. The third kappa shape index (κ3) is 4.75. The van der Waals surface area contributed by atoms with Gasteiger partial charge in [-0.1, -0.05) is 37.7 Å². The second kappa shape index (κ2) is 8.05. The minimum Gasteiger partial charge on any atom is -0.464 e. The van der Waals surface area contributed by atoms with E-state index in [2.05, 4.69) is 28.7 Å². The van der Waals surface area contributed by atoms with Crippen LogP contribution in [-0.2, 0) is 9.53 Å². The minimum absolute atomic E-state index is 0.201. The van der Waals surface area contributed by atoms with Crippen LogP contribution in [0.4, 0.5) is 0 Å². The Morgan fingerprint density at radius 3 is 2.81 bits per heavy atom. The summed E-state index contributed by atoms with van der Waals surface area (Å²) in [6.07, 6.45) is 0. The molecule has 1 heterocycles. The fourth-order valence-electron chi connectivity index (χ4n) is 2.00. The monoisotopic (exact) mass is 307 g/mol. The molecule has 0 aliphatic carbocycles. The van der Waals surface area contributed by atoms with Crippen molar-refractivity contribution in [1.29, 1.82) is 0 Å². The molecule has 114 valence electrons. The van der Waals surface area contributed by atoms with E-state index in [0.717, 1.165) is 35.8 Å². The van der Waals surface area contributed by atoms with Gasteiger partial charge in [-0.15, -0.1) is 0 Å². The first-order valence-electron chi connectivity index (χ1n) is 7.18. The van der Waals surface area contributed by atoms with Gasteiger partial charge in [-0.05, 0) is 25.2 Å². The number of carbonyl (C=O) groups excluding carboxylic acids is 1. The number of aromatic nitrogens is 2. The van der Waals surface area contributed by atoms with Crippen LogP contribution in [0.25, 0.3) is 11.0 Å². The summed E-state index contributed by atoms with van der Waals surface area (Å²) in [5.74, 6) is 0.0746. The molecule has 0 saturated carbocycles. The molecular formula is C15H21N3O2S. The Labute approximate surface area is 129 Å². The quantitative estimate of drug-likeness (QED) is 0.600. The molecule has 1 aromatic carbocycles. The molecule has 21 heavy (non-hydrogen) atoms. The average molecular weight is 307 g/mol. The van der Waals surface area contributed by atoms with Crippen LogP contribution < -0.4 is 0 Å². The molecule has 0 amide bonds. The van der Waals surface area contributed by atoms with E-state index >= 15 is 0 Å². The molecule has 5 nitrogen and oxygen atoms in total.